The van der Waals surface area contributed by atoms with E-state index in [-0.39, 0.29) is 12.4 Å². The molecule has 1 N–H and O–H groups in total. The van der Waals surface area contributed by atoms with Gasteiger partial charge in [0.05, 0.1) is 5.56 Å². The maximum atomic E-state index is 12.8. The van der Waals surface area contributed by atoms with Gasteiger partial charge in [-0.3, -0.25) is 0 Å². The zero-order valence-electron chi connectivity index (χ0n) is 12.2. The van der Waals surface area contributed by atoms with Gasteiger partial charge in [0.2, 0.25) is 0 Å². The van der Waals surface area contributed by atoms with E-state index in [1.165, 1.54) is 31.4 Å². The van der Waals surface area contributed by atoms with Crippen LogP contribution < -0.4 is 10.1 Å². The quantitative estimate of drug-likeness (QED) is 0.821. The summed E-state index contributed by atoms with van der Waals surface area (Å²) in [5.41, 5.74) is -0.712. The van der Waals surface area contributed by atoms with E-state index in [1.54, 1.807) is 6.07 Å². The molecular weight excluding hydrogens is 279 g/mol. The molecule has 5 heteroatoms. The van der Waals surface area contributed by atoms with Gasteiger partial charge in [0, 0.05) is 12.6 Å². The number of para-hydroxylation sites is 1. The molecule has 0 amide bonds. The van der Waals surface area contributed by atoms with Crippen LogP contribution in [0.15, 0.2) is 24.3 Å². The minimum atomic E-state index is -4.37. The van der Waals surface area contributed by atoms with Crippen molar-refractivity contribution in [3.05, 3.63) is 29.8 Å². The van der Waals surface area contributed by atoms with Gasteiger partial charge in [0.25, 0.3) is 0 Å². The predicted octanol–water partition coefficient (Wildman–Crippen LogP) is 4.25. The van der Waals surface area contributed by atoms with Crippen LogP contribution in [0.2, 0.25) is 0 Å². The molecule has 0 heterocycles. The van der Waals surface area contributed by atoms with Crippen LogP contribution in [0, 0.1) is 5.92 Å². The van der Waals surface area contributed by atoms with Crippen molar-refractivity contribution >= 4 is 0 Å². The van der Waals surface area contributed by atoms with Crippen LogP contribution in [0.4, 0.5) is 13.2 Å². The first kappa shape index (κ1) is 16.1. The van der Waals surface area contributed by atoms with Crippen molar-refractivity contribution in [2.24, 2.45) is 5.92 Å². The standard InChI is InChI=1S/C16H22F3NO/c1-12-6-2-4-8-14(12)20-10-11-21-15-9-5-3-7-13(15)16(17,18)19/h3,5,7,9,12,14,20H,2,4,6,8,10-11H2,1H3. The van der Waals surface area contributed by atoms with Gasteiger partial charge >= 0.3 is 6.18 Å². The fourth-order valence-electron chi connectivity index (χ4n) is 2.85. The number of benzene rings is 1. The zero-order valence-corrected chi connectivity index (χ0v) is 12.2. The summed E-state index contributed by atoms with van der Waals surface area (Å²) in [5, 5.41) is 3.39. The van der Waals surface area contributed by atoms with Gasteiger partial charge in [-0.1, -0.05) is 31.9 Å². The highest BCUT2D eigenvalue weighted by Gasteiger charge is 2.33. The molecule has 0 saturated heterocycles. The monoisotopic (exact) mass is 301 g/mol. The normalized spacial score (nSPS) is 23.0. The Morgan fingerprint density at radius 1 is 1.19 bits per heavy atom. The summed E-state index contributed by atoms with van der Waals surface area (Å²) in [6, 6.07) is 5.80. The highest BCUT2D eigenvalue weighted by atomic mass is 19.4. The van der Waals surface area contributed by atoms with Crippen molar-refractivity contribution in [2.75, 3.05) is 13.2 Å². The molecule has 0 aliphatic heterocycles. The summed E-state index contributed by atoms with van der Waals surface area (Å²) in [6.45, 7) is 3.04. The molecule has 2 atom stereocenters. The van der Waals surface area contributed by atoms with Crippen molar-refractivity contribution in [2.45, 2.75) is 44.8 Å². The maximum Gasteiger partial charge on any atom is 0.419 e. The topological polar surface area (TPSA) is 21.3 Å². The molecule has 0 aromatic heterocycles. The van der Waals surface area contributed by atoms with Crippen molar-refractivity contribution < 1.29 is 17.9 Å². The summed E-state index contributed by atoms with van der Waals surface area (Å²) in [7, 11) is 0. The van der Waals surface area contributed by atoms with Crippen LogP contribution >= 0.6 is 0 Å². The third kappa shape index (κ3) is 4.63. The number of halogens is 3. The number of alkyl halides is 3. The predicted molar refractivity (Wildman–Crippen MR) is 76.4 cm³/mol. The van der Waals surface area contributed by atoms with Crippen LogP contribution in [-0.2, 0) is 6.18 Å². The van der Waals surface area contributed by atoms with Crippen LogP contribution in [0.3, 0.4) is 0 Å². The van der Waals surface area contributed by atoms with E-state index >= 15 is 0 Å². The second-order valence-electron chi connectivity index (χ2n) is 5.66. The number of nitrogens with one attached hydrogen (secondary N) is 1. The highest BCUT2D eigenvalue weighted by Crippen LogP contribution is 2.35. The Labute approximate surface area is 123 Å². The Kier molecular flexibility index (Phi) is 5.51. The lowest BCUT2D eigenvalue weighted by Crippen LogP contribution is -2.39. The lowest BCUT2D eigenvalue weighted by Gasteiger charge is -2.29. The first-order chi connectivity index (χ1) is 9.98. The minimum Gasteiger partial charge on any atom is -0.492 e. The zero-order chi connectivity index (χ0) is 15.3. The van der Waals surface area contributed by atoms with Crippen LogP contribution in [0.1, 0.15) is 38.2 Å². The molecule has 1 aliphatic rings. The van der Waals surface area contributed by atoms with Crippen LogP contribution in [-0.4, -0.2) is 19.2 Å². The number of hydrogen-bond acceptors (Lipinski definition) is 2. The molecule has 1 fully saturated rings. The van der Waals surface area contributed by atoms with Gasteiger partial charge in [0.1, 0.15) is 12.4 Å². The largest absolute Gasteiger partial charge is 0.492 e. The van der Waals surface area contributed by atoms with Crippen molar-refractivity contribution in [3.63, 3.8) is 0 Å². The van der Waals surface area contributed by atoms with Gasteiger partial charge in [-0.15, -0.1) is 0 Å². The van der Waals surface area contributed by atoms with Gasteiger partial charge in [-0.2, -0.15) is 13.2 Å². The molecule has 1 saturated carbocycles. The summed E-state index contributed by atoms with van der Waals surface area (Å²) >= 11 is 0. The minimum absolute atomic E-state index is 0.0940. The summed E-state index contributed by atoms with van der Waals surface area (Å²) in [6.07, 6.45) is 0.478. The molecule has 1 aromatic carbocycles. The second kappa shape index (κ2) is 7.16. The molecule has 118 valence electrons. The van der Waals surface area contributed by atoms with E-state index in [9.17, 15) is 13.2 Å². The molecule has 2 rings (SSSR count). The summed E-state index contributed by atoms with van der Waals surface area (Å²) < 4.78 is 43.7. The fourth-order valence-corrected chi connectivity index (χ4v) is 2.85. The third-order valence-electron chi connectivity index (χ3n) is 4.07. The Morgan fingerprint density at radius 2 is 1.90 bits per heavy atom. The third-order valence-corrected chi connectivity index (χ3v) is 4.07. The highest BCUT2D eigenvalue weighted by molar-refractivity contribution is 5.35. The van der Waals surface area contributed by atoms with Crippen LogP contribution in [0.25, 0.3) is 0 Å². The molecule has 2 unspecified atom stereocenters. The lowest BCUT2D eigenvalue weighted by atomic mass is 9.86. The number of rotatable bonds is 5. The second-order valence-corrected chi connectivity index (χ2v) is 5.66. The van der Waals surface area contributed by atoms with E-state index in [0.29, 0.717) is 18.5 Å². The molecule has 0 bridgehead atoms. The Balaban J connectivity index is 1.81. The molecule has 2 nitrogen and oxygen atoms in total. The van der Waals surface area contributed by atoms with E-state index in [2.05, 4.69) is 12.2 Å². The Morgan fingerprint density at radius 3 is 2.62 bits per heavy atom. The first-order valence-corrected chi connectivity index (χ1v) is 7.51. The Hall–Kier alpha value is -1.23. The van der Waals surface area contributed by atoms with Gasteiger partial charge in [-0.25, -0.2) is 0 Å². The molecule has 1 aliphatic carbocycles. The lowest BCUT2D eigenvalue weighted by molar-refractivity contribution is -0.138. The molecule has 0 spiro atoms. The first-order valence-electron chi connectivity index (χ1n) is 7.51. The average Bonchev–Trinajstić information content (AvgIpc) is 2.45. The number of hydrogen-bond donors (Lipinski definition) is 1. The molecule has 0 radical (unpaired) electrons. The molecule has 21 heavy (non-hydrogen) atoms. The number of ether oxygens (including phenoxy) is 1. The van der Waals surface area contributed by atoms with Crippen molar-refractivity contribution in [1.82, 2.24) is 5.32 Å². The average molecular weight is 301 g/mol. The maximum absolute atomic E-state index is 12.8. The van der Waals surface area contributed by atoms with Gasteiger partial charge in [-0.05, 0) is 30.9 Å². The summed E-state index contributed by atoms with van der Waals surface area (Å²) in [4.78, 5) is 0. The van der Waals surface area contributed by atoms with Crippen LogP contribution in [0.5, 0.6) is 5.75 Å². The van der Waals surface area contributed by atoms with Crippen molar-refractivity contribution in [3.8, 4) is 5.75 Å². The molecule has 1 aromatic rings. The van der Waals surface area contributed by atoms with E-state index in [1.807, 2.05) is 0 Å². The van der Waals surface area contributed by atoms with E-state index in [4.69, 9.17) is 4.74 Å². The smallest absolute Gasteiger partial charge is 0.419 e. The van der Waals surface area contributed by atoms with E-state index < -0.39 is 11.7 Å². The van der Waals surface area contributed by atoms with Gasteiger partial charge < -0.3 is 10.1 Å². The van der Waals surface area contributed by atoms with Crippen molar-refractivity contribution in [1.29, 1.82) is 0 Å². The summed E-state index contributed by atoms with van der Waals surface area (Å²) in [5.74, 6) is 0.532. The SMILES string of the molecule is CC1CCCCC1NCCOc1ccccc1C(F)(F)F. The Bertz CT molecular complexity index is 447. The van der Waals surface area contributed by atoms with Gasteiger partial charge in [0.15, 0.2) is 0 Å². The fraction of sp³-hybridized carbons (Fsp3) is 0.625. The molecular formula is C16H22F3NO. The van der Waals surface area contributed by atoms with E-state index in [0.717, 1.165) is 12.5 Å².